The molecule has 0 fully saturated rings. The molecule has 1 aliphatic carbocycles. The van der Waals surface area contributed by atoms with Gasteiger partial charge in [-0.2, -0.15) is 5.26 Å². The van der Waals surface area contributed by atoms with Crippen LogP contribution in [0.25, 0.3) is 0 Å². The molecular formula is C15H13NS. The molecule has 1 aromatic carbocycles. The maximum atomic E-state index is 8.97. The Balaban J connectivity index is 2.10. The zero-order chi connectivity index (χ0) is 12.0. The maximum Gasteiger partial charge on any atom is 0.0991 e. The molecule has 2 aliphatic rings. The lowest BCUT2D eigenvalue weighted by Crippen LogP contribution is -2.10. The largest absolute Gasteiger partial charge is 0.192 e. The van der Waals surface area contributed by atoms with Crippen LogP contribution in [0.4, 0.5) is 0 Å². The summed E-state index contributed by atoms with van der Waals surface area (Å²) in [5.41, 5.74) is 4.83. The molecule has 3 rings (SSSR count). The number of hydrogen-bond donors (Lipinski definition) is 0. The highest BCUT2D eigenvalue weighted by atomic mass is 32.2. The van der Waals surface area contributed by atoms with Gasteiger partial charge in [0, 0.05) is 16.1 Å². The van der Waals surface area contributed by atoms with E-state index in [9.17, 15) is 0 Å². The summed E-state index contributed by atoms with van der Waals surface area (Å²) in [6.45, 7) is 4.34. The average molecular weight is 239 g/mol. The van der Waals surface area contributed by atoms with Crippen LogP contribution in [0.1, 0.15) is 30.9 Å². The molecule has 0 amide bonds. The number of fused-ring (bicyclic) bond motifs is 3. The summed E-state index contributed by atoms with van der Waals surface area (Å²) < 4.78 is 0. The van der Waals surface area contributed by atoms with Gasteiger partial charge in [0.05, 0.1) is 11.6 Å². The third kappa shape index (κ3) is 1.62. The summed E-state index contributed by atoms with van der Waals surface area (Å²) in [5.74, 6) is 0.451. The molecule has 1 heterocycles. The number of rotatable bonds is 0. The first-order valence-electron chi connectivity index (χ1n) is 5.77. The highest BCUT2D eigenvalue weighted by Gasteiger charge is 2.32. The molecule has 84 valence electrons. The third-order valence-corrected chi connectivity index (χ3v) is 4.91. The Morgan fingerprint density at radius 1 is 1.18 bits per heavy atom. The number of nitrogens with zero attached hydrogens (tertiary/aromatic N) is 1. The van der Waals surface area contributed by atoms with E-state index in [1.54, 1.807) is 0 Å². The van der Waals surface area contributed by atoms with Crippen LogP contribution in [0.3, 0.4) is 0 Å². The normalized spacial score (nSPS) is 25.5. The summed E-state index contributed by atoms with van der Waals surface area (Å²) in [5, 5.41) is 9.49. The van der Waals surface area contributed by atoms with Crippen molar-refractivity contribution in [3.63, 3.8) is 0 Å². The average Bonchev–Trinajstić information content (AvgIpc) is 2.67. The van der Waals surface area contributed by atoms with Crippen LogP contribution in [-0.4, -0.2) is 5.25 Å². The van der Waals surface area contributed by atoms with Crippen LogP contribution in [0, 0.1) is 11.3 Å². The van der Waals surface area contributed by atoms with E-state index < -0.39 is 0 Å². The van der Waals surface area contributed by atoms with Gasteiger partial charge >= 0.3 is 0 Å². The van der Waals surface area contributed by atoms with Crippen LogP contribution < -0.4 is 0 Å². The van der Waals surface area contributed by atoms with Crippen molar-refractivity contribution in [2.24, 2.45) is 0 Å². The number of allylic oxidation sites excluding steroid dienone is 3. The Morgan fingerprint density at radius 2 is 1.94 bits per heavy atom. The van der Waals surface area contributed by atoms with Crippen LogP contribution in [0.15, 0.2) is 46.4 Å². The van der Waals surface area contributed by atoms with Crippen LogP contribution in [0.5, 0.6) is 0 Å². The Bertz CT molecular complexity index is 589. The van der Waals surface area contributed by atoms with Crippen molar-refractivity contribution in [1.29, 1.82) is 5.26 Å². The van der Waals surface area contributed by atoms with E-state index >= 15 is 0 Å². The van der Waals surface area contributed by atoms with Crippen molar-refractivity contribution >= 4 is 11.8 Å². The second kappa shape index (κ2) is 3.78. The van der Waals surface area contributed by atoms with Crippen molar-refractivity contribution in [2.75, 3.05) is 0 Å². The summed E-state index contributed by atoms with van der Waals surface area (Å²) in [7, 11) is 0. The predicted octanol–water partition coefficient (Wildman–Crippen LogP) is 4.02. The molecule has 17 heavy (non-hydrogen) atoms. The van der Waals surface area contributed by atoms with Gasteiger partial charge in [0.1, 0.15) is 0 Å². The lowest BCUT2D eigenvalue weighted by molar-refractivity contribution is 0.857. The monoisotopic (exact) mass is 239 g/mol. The van der Waals surface area contributed by atoms with E-state index in [1.165, 1.54) is 21.6 Å². The number of benzene rings is 1. The highest BCUT2D eigenvalue weighted by Crippen LogP contribution is 2.49. The molecule has 1 aliphatic heterocycles. The minimum atomic E-state index is 0.451. The topological polar surface area (TPSA) is 23.8 Å². The Hall–Kier alpha value is -1.46. The summed E-state index contributed by atoms with van der Waals surface area (Å²) in [6.07, 6.45) is 4.71. The molecule has 2 heteroatoms. The minimum Gasteiger partial charge on any atom is -0.192 e. The smallest absolute Gasteiger partial charge is 0.0991 e. The molecule has 2 unspecified atom stereocenters. The van der Waals surface area contributed by atoms with Gasteiger partial charge in [-0.25, -0.2) is 0 Å². The van der Waals surface area contributed by atoms with Crippen molar-refractivity contribution in [3.8, 4) is 6.07 Å². The lowest BCUT2D eigenvalue weighted by atomic mass is 9.86. The lowest BCUT2D eigenvalue weighted by Gasteiger charge is -2.20. The first-order chi connectivity index (χ1) is 8.19. The van der Waals surface area contributed by atoms with E-state index in [2.05, 4.69) is 38.1 Å². The zero-order valence-electron chi connectivity index (χ0n) is 9.90. The Labute approximate surface area is 106 Å². The second-order valence-electron chi connectivity index (χ2n) is 4.67. The van der Waals surface area contributed by atoms with Gasteiger partial charge < -0.3 is 0 Å². The molecule has 1 aromatic rings. The SMILES string of the molecule is CC1=CC2Sc3ccc(C#N)cc3C2C=C1C. The van der Waals surface area contributed by atoms with Gasteiger partial charge in [0.15, 0.2) is 0 Å². The van der Waals surface area contributed by atoms with E-state index in [0.29, 0.717) is 11.2 Å². The third-order valence-electron chi connectivity index (χ3n) is 3.58. The first-order valence-corrected chi connectivity index (χ1v) is 6.65. The van der Waals surface area contributed by atoms with Crippen LogP contribution in [0.2, 0.25) is 0 Å². The summed E-state index contributed by atoms with van der Waals surface area (Å²) >= 11 is 1.91. The van der Waals surface area contributed by atoms with Crippen LogP contribution >= 0.6 is 11.8 Å². The standard InChI is InChI=1S/C15H13NS/c1-9-5-12-13-7-11(8-16)3-4-14(13)17-15(12)6-10(9)2/h3-7,12,15H,1-2H3. The van der Waals surface area contributed by atoms with Gasteiger partial charge in [0.25, 0.3) is 0 Å². The molecule has 1 nitrogen and oxygen atoms in total. The van der Waals surface area contributed by atoms with Crippen molar-refractivity contribution in [3.05, 3.63) is 52.6 Å². The fourth-order valence-electron chi connectivity index (χ4n) is 2.48. The molecule has 0 radical (unpaired) electrons. The number of thioether (sulfide) groups is 1. The summed E-state index contributed by atoms with van der Waals surface area (Å²) in [6, 6.07) is 8.27. The van der Waals surface area contributed by atoms with Crippen molar-refractivity contribution in [2.45, 2.75) is 29.9 Å². The summed E-state index contributed by atoms with van der Waals surface area (Å²) in [4.78, 5) is 1.33. The minimum absolute atomic E-state index is 0.451. The molecule has 0 saturated heterocycles. The predicted molar refractivity (Wildman–Crippen MR) is 71.1 cm³/mol. The Kier molecular flexibility index (Phi) is 2.38. The van der Waals surface area contributed by atoms with Crippen molar-refractivity contribution in [1.82, 2.24) is 0 Å². The van der Waals surface area contributed by atoms with Crippen molar-refractivity contribution < 1.29 is 0 Å². The fourth-order valence-corrected chi connectivity index (χ4v) is 3.90. The highest BCUT2D eigenvalue weighted by molar-refractivity contribution is 8.00. The van der Waals surface area contributed by atoms with Gasteiger partial charge in [-0.3, -0.25) is 0 Å². The zero-order valence-corrected chi connectivity index (χ0v) is 10.7. The maximum absolute atomic E-state index is 8.97. The van der Waals surface area contributed by atoms with E-state index in [-0.39, 0.29) is 0 Å². The molecule has 0 N–H and O–H groups in total. The Morgan fingerprint density at radius 3 is 2.71 bits per heavy atom. The van der Waals surface area contributed by atoms with Gasteiger partial charge in [-0.05, 0) is 37.6 Å². The molecular weight excluding hydrogens is 226 g/mol. The van der Waals surface area contributed by atoms with Gasteiger partial charge in [0.2, 0.25) is 0 Å². The van der Waals surface area contributed by atoms with E-state index in [1.807, 2.05) is 23.9 Å². The number of nitriles is 1. The first kappa shape index (κ1) is 10.7. The number of hydrogen-bond acceptors (Lipinski definition) is 2. The van der Waals surface area contributed by atoms with Crippen LogP contribution in [-0.2, 0) is 0 Å². The van der Waals surface area contributed by atoms with Gasteiger partial charge in [-0.15, -0.1) is 11.8 Å². The molecule has 0 aromatic heterocycles. The molecule has 0 spiro atoms. The second-order valence-corrected chi connectivity index (χ2v) is 5.89. The van der Waals surface area contributed by atoms with E-state index in [4.69, 9.17) is 5.26 Å². The molecule has 0 saturated carbocycles. The molecule has 2 atom stereocenters. The fraction of sp³-hybridized carbons (Fsp3) is 0.267. The van der Waals surface area contributed by atoms with Gasteiger partial charge in [-0.1, -0.05) is 23.3 Å². The van der Waals surface area contributed by atoms with E-state index in [0.717, 1.165) is 5.56 Å². The molecule has 0 bridgehead atoms. The quantitative estimate of drug-likeness (QED) is 0.682.